The van der Waals surface area contributed by atoms with Crippen LogP contribution in [0.1, 0.15) is 24.0 Å². The number of nitrogens with one attached hydrogen (secondary N) is 1. The standard InChI is InChI=1S/C25H23N3O2/c26-22-9-3-4-10-23(22)27-24(29)14-13-20-8-5-15-28(25(20)30)17-18-11-12-19-6-1-2-7-21(19)16-18/h1-2,4-8,10-16H,3,9,17,26H2,(H,27,29)/b14-13+. The minimum absolute atomic E-state index is 0.147. The van der Waals surface area contributed by atoms with Crippen molar-refractivity contribution in [3.05, 3.63) is 112 Å². The Morgan fingerprint density at radius 1 is 1.10 bits per heavy atom. The fourth-order valence-corrected chi connectivity index (χ4v) is 3.48. The van der Waals surface area contributed by atoms with Crippen molar-refractivity contribution in [2.24, 2.45) is 5.73 Å². The number of allylic oxidation sites excluding steroid dienone is 3. The predicted octanol–water partition coefficient (Wildman–Crippen LogP) is 3.70. The number of hydrogen-bond donors (Lipinski definition) is 2. The van der Waals surface area contributed by atoms with Crippen molar-refractivity contribution in [3.63, 3.8) is 0 Å². The van der Waals surface area contributed by atoms with Crippen LogP contribution in [0, 0.1) is 0 Å². The molecule has 0 radical (unpaired) electrons. The van der Waals surface area contributed by atoms with Gasteiger partial charge in [0.15, 0.2) is 0 Å². The number of fused-ring (bicyclic) bond motifs is 1. The molecule has 0 saturated carbocycles. The highest BCUT2D eigenvalue weighted by molar-refractivity contribution is 5.93. The molecule has 0 aliphatic heterocycles. The number of nitrogens with zero attached hydrogens (tertiary/aromatic N) is 1. The number of rotatable bonds is 5. The summed E-state index contributed by atoms with van der Waals surface area (Å²) in [4.78, 5) is 25.0. The second-order valence-electron chi connectivity index (χ2n) is 7.28. The smallest absolute Gasteiger partial charge is 0.258 e. The van der Waals surface area contributed by atoms with Gasteiger partial charge in [-0.3, -0.25) is 9.59 Å². The van der Waals surface area contributed by atoms with Crippen LogP contribution in [-0.4, -0.2) is 10.5 Å². The third-order valence-electron chi connectivity index (χ3n) is 5.10. The van der Waals surface area contributed by atoms with Gasteiger partial charge in [-0.2, -0.15) is 0 Å². The van der Waals surface area contributed by atoms with E-state index in [2.05, 4.69) is 29.6 Å². The van der Waals surface area contributed by atoms with Gasteiger partial charge in [0.2, 0.25) is 5.91 Å². The molecule has 0 saturated heterocycles. The van der Waals surface area contributed by atoms with Crippen LogP contribution in [0.5, 0.6) is 0 Å². The van der Waals surface area contributed by atoms with Gasteiger partial charge < -0.3 is 15.6 Å². The molecule has 5 nitrogen and oxygen atoms in total. The summed E-state index contributed by atoms with van der Waals surface area (Å²) in [6.07, 6.45) is 10.0. The van der Waals surface area contributed by atoms with Gasteiger partial charge in [0, 0.05) is 23.5 Å². The first-order chi connectivity index (χ1) is 14.6. The van der Waals surface area contributed by atoms with E-state index in [1.54, 1.807) is 16.8 Å². The van der Waals surface area contributed by atoms with E-state index in [0.29, 0.717) is 23.5 Å². The SMILES string of the molecule is NC1=C(NC(=O)/C=C/c2cccn(Cc3ccc4ccccc4c3)c2=O)C=CCC1. The van der Waals surface area contributed by atoms with Gasteiger partial charge in [-0.05, 0) is 59.5 Å². The number of benzene rings is 2. The van der Waals surface area contributed by atoms with E-state index in [4.69, 9.17) is 5.73 Å². The van der Waals surface area contributed by atoms with Gasteiger partial charge in [0.05, 0.1) is 12.2 Å². The Balaban J connectivity index is 1.51. The Labute approximate surface area is 174 Å². The minimum Gasteiger partial charge on any atom is -0.400 e. The van der Waals surface area contributed by atoms with Crippen LogP contribution in [0.15, 0.2) is 95.2 Å². The molecule has 2 aromatic carbocycles. The fraction of sp³-hybridized carbons (Fsp3) is 0.120. The van der Waals surface area contributed by atoms with Crippen LogP contribution in [0.3, 0.4) is 0 Å². The second-order valence-corrected chi connectivity index (χ2v) is 7.28. The van der Waals surface area contributed by atoms with E-state index in [1.165, 1.54) is 17.5 Å². The molecule has 1 aliphatic rings. The Hall–Kier alpha value is -3.86. The molecule has 30 heavy (non-hydrogen) atoms. The summed E-state index contributed by atoms with van der Waals surface area (Å²) in [7, 11) is 0. The molecule has 3 N–H and O–H groups in total. The summed E-state index contributed by atoms with van der Waals surface area (Å²) in [5.74, 6) is -0.316. The molecule has 150 valence electrons. The van der Waals surface area contributed by atoms with Crippen LogP contribution in [0.4, 0.5) is 0 Å². The first-order valence-corrected chi connectivity index (χ1v) is 9.91. The Morgan fingerprint density at radius 3 is 2.77 bits per heavy atom. The minimum atomic E-state index is -0.316. The molecule has 1 aliphatic carbocycles. The molecule has 1 aromatic heterocycles. The van der Waals surface area contributed by atoms with Crippen molar-refractivity contribution in [2.75, 3.05) is 0 Å². The summed E-state index contributed by atoms with van der Waals surface area (Å²) in [6, 6.07) is 17.8. The largest absolute Gasteiger partial charge is 0.400 e. The molecular weight excluding hydrogens is 374 g/mol. The second kappa shape index (κ2) is 8.66. The van der Waals surface area contributed by atoms with Gasteiger partial charge in [0.1, 0.15) is 0 Å². The van der Waals surface area contributed by atoms with Crippen LogP contribution in [0.2, 0.25) is 0 Å². The topological polar surface area (TPSA) is 77.1 Å². The summed E-state index contributed by atoms with van der Waals surface area (Å²) in [6.45, 7) is 0.464. The molecule has 1 heterocycles. The molecule has 0 unspecified atom stereocenters. The van der Waals surface area contributed by atoms with Gasteiger partial charge in [-0.1, -0.05) is 42.5 Å². The quantitative estimate of drug-likeness (QED) is 0.645. The average Bonchev–Trinajstić information content (AvgIpc) is 2.76. The number of carbonyl (C=O) groups is 1. The van der Waals surface area contributed by atoms with E-state index in [0.717, 1.165) is 23.8 Å². The molecular formula is C25H23N3O2. The lowest BCUT2D eigenvalue weighted by molar-refractivity contribution is -0.115. The molecule has 5 heteroatoms. The van der Waals surface area contributed by atoms with Gasteiger partial charge in [-0.15, -0.1) is 0 Å². The lowest BCUT2D eigenvalue weighted by atomic mass is 10.1. The molecule has 0 bridgehead atoms. The molecule has 1 amide bonds. The van der Waals surface area contributed by atoms with Crippen LogP contribution in [0.25, 0.3) is 16.8 Å². The highest BCUT2D eigenvalue weighted by Crippen LogP contribution is 2.16. The number of carbonyl (C=O) groups excluding carboxylic acids is 1. The highest BCUT2D eigenvalue weighted by atomic mass is 16.1. The van der Waals surface area contributed by atoms with Crippen molar-refractivity contribution >= 4 is 22.8 Å². The van der Waals surface area contributed by atoms with Crippen LogP contribution < -0.4 is 16.6 Å². The zero-order valence-electron chi connectivity index (χ0n) is 16.5. The van der Waals surface area contributed by atoms with Crippen LogP contribution >= 0.6 is 0 Å². The zero-order chi connectivity index (χ0) is 20.9. The number of amides is 1. The predicted molar refractivity (Wildman–Crippen MR) is 121 cm³/mol. The summed E-state index contributed by atoms with van der Waals surface area (Å²) >= 11 is 0. The van der Waals surface area contributed by atoms with E-state index < -0.39 is 0 Å². The summed E-state index contributed by atoms with van der Waals surface area (Å²) in [5, 5.41) is 5.07. The van der Waals surface area contributed by atoms with Gasteiger partial charge in [0.25, 0.3) is 5.56 Å². The molecule has 3 aromatic rings. The van der Waals surface area contributed by atoms with Gasteiger partial charge in [-0.25, -0.2) is 0 Å². The van der Waals surface area contributed by atoms with Gasteiger partial charge >= 0.3 is 0 Å². The van der Waals surface area contributed by atoms with Crippen molar-refractivity contribution in [2.45, 2.75) is 19.4 Å². The fourth-order valence-electron chi connectivity index (χ4n) is 3.48. The maximum absolute atomic E-state index is 12.8. The Bertz CT molecular complexity index is 1250. The lowest BCUT2D eigenvalue weighted by Gasteiger charge is -2.12. The third kappa shape index (κ3) is 4.41. The van der Waals surface area contributed by atoms with E-state index >= 15 is 0 Å². The number of hydrogen-bond acceptors (Lipinski definition) is 3. The first-order valence-electron chi connectivity index (χ1n) is 9.91. The first kappa shape index (κ1) is 19.5. The average molecular weight is 397 g/mol. The van der Waals surface area contributed by atoms with E-state index in [9.17, 15) is 9.59 Å². The van der Waals surface area contributed by atoms with Crippen molar-refractivity contribution < 1.29 is 4.79 Å². The molecule has 4 rings (SSSR count). The Kier molecular flexibility index (Phi) is 5.61. The lowest BCUT2D eigenvalue weighted by Crippen LogP contribution is -2.24. The third-order valence-corrected chi connectivity index (χ3v) is 5.10. The van der Waals surface area contributed by atoms with E-state index in [1.807, 2.05) is 36.4 Å². The number of pyridine rings is 1. The summed E-state index contributed by atoms with van der Waals surface area (Å²) < 4.78 is 1.64. The van der Waals surface area contributed by atoms with Crippen molar-refractivity contribution in [1.82, 2.24) is 9.88 Å². The zero-order valence-corrected chi connectivity index (χ0v) is 16.5. The summed E-state index contributed by atoms with van der Waals surface area (Å²) in [5.41, 5.74) is 8.56. The molecule has 0 fully saturated rings. The molecule has 0 atom stereocenters. The van der Waals surface area contributed by atoms with Crippen LogP contribution in [-0.2, 0) is 11.3 Å². The Morgan fingerprint density at radius 2 is 1.93 bits per heavy atom. The normalized spacial score (nSPS) is 13.9. The monoisotopic (exact) mass is 397 g/mol. The maximum atomic E-state index is 12.8. The number of aromatic nitrogens is 1. The maximum Gasteiger partial charge on any atom is 0.258 e. The van der Waals surface area contributed by atoms with Crippen molar-refractivity contribution in [3.8, 4) is 0 Å². The van der Waals surface area contributed by atoms with Crippen molar-refractivity contribution in [1.29, 1.82) is 0 Å². The highest BCUT2D eigenvalue weighted by Gasteiger charge is 2.08. The molecule has 0 spiro atoms. The number of nitrogens with two attached hydrogens (primary N) is 1. The van der Waals surface area contributed by atoms with E-state index in [-0.39, 0.29) is 11.5 Å².